The van der Waals surface area contributed by atoms with Crippen LogP contribution in [-0.4, -0.2) is 54.9 Å². The van der Waals surface area contributed by atoms with E-state index in [0.717, 1.165) is 6.54 Å². The van der Waals surface area contributed by atoms with Crippen molar-refractivity contribution in [1.82, 2.24) is 10.2 Å². The molecule has 1 heterocycles. The number of methoxy groups -OCH3 is 1. The van der Waals surface area contributed by atoms with Gasteiger partial charge in [0.05, 0.1) is 12.1 Å². The number of aryl methyl sites for hydroxylation is 1. The molecule has 1 fully saturated rings. The summed E-state index contributed by atoms with van der Waals surface area (Å²) in [6.07, 6.45) is 0.0612. The van der Waals surface area contributed by atoms with Gasteiger partial charge >= 0.3 is 0 Å². The van der Waals surface area contributed by atoms with Crippen molar-refractivity contribution in [2.75, 3.05) is 26.7 Å². The molecule has 1 amide bonds. The van der Waals surface area contributed by atoms with Crippen LogP contribution in [0.25, 0.3) is 0 Å². The predicted molar refractivity (Wildman–Crippen MR) is 91.9 cm³/mol. The van der Waals surface area contributed by atoms with E-state index in [4.69, 9.17) is 16.3 Å². The number of likely N-dealkylation sites (tertiary alicyclic amines) is 1. The Morgan fingerprint density at radius 1 is 1.54 bits per heavy atom. The van der Waals surface area contributed by atoms with Gasteiger partial charge in [0.2, 0.25) is 0 Å². The van der Waals surface area contributed by atoms with Crippen LogP contribution in [-0.2, 0) is 6.42 Å². The minimum atomic E-state index is -0.868. The van der Waals surface area contributed by atoms with Gasteiger partial charge in [-0.3, -0.25) is 9.69 Å². The first-order valence-corrected chi connectivity index (χ1v) is 8.55. The minimum Gasteiger partial charge on any atom is -0.507 e. The molecule has 2 rings (SSSR count). The number of phenolic OH excluding ortho intramolecular Hbond substituents is 1. The molecule has 1 aliphatic rings. The second-order valence-electron chi connectivity index (χ2n) is 5.91. The Morgan fingerprint density at radius 3 is 2.83 bits per heavy atom. The zero-order chi connectivity index (χ0) is 17.9. The van der Waals surface area contributed by atoms with Crippen LogP contribution in [0, 0.1) is 0 Å². The maximum atomic E-state index is 13.6. The maximum Gasteiger partial charge on any atom is 0.258 e. The lowest BCUT2D eigenvalue weighted by Gasteiger charge is -2.23. The summed E-state index contributed by atoms with van der Waals surface area (Å²) in [5.74, 6) is -0.454. The number of carbonyl (C=O) groups is 1. The highest BCUT2D eigenvalue weighted by molar-refractivity contribution is 6.33. The molecule has 5 nitrogen and oxygen atoms in total. The van der Waals surface area contributed by atoms with Crippen LogP contribution in [0.15, 0.2) is 6.07 Å². The van der Waals surface area contributed by atoms with Gasteiger partial charge in [-0.05, 0) is 31.0 Å². The van der Waals surface area contributed by atoms with E-state index in [1.54, 1.807) is 6.07 Å². The summed E-state index contributed by atoms with van der Waals surface area (Å²) in [7, 11) is 1.40. The predicted octanol–water partition coefficient (Wildman–Crippen LogP) is 2.78. The van der Waals surface area contributed by atoms with Gasteiger partial charge in [0.15, 0.2) is 5.75 Å². The number of carbonyl (C=O) groups excluding carboxylic acids is 1. The van der Waals surface area contributed by atoms with Gasteiger partial charge in [0, 0.05) is 19.1 Å². The number of hydrogen-bond donors (Lipinski definition) is 2. The third-order valence-electron chi connectivity index (χ3n) is 4.48. The Morgan fingerprint density at radius 2 is 2.25 bits per heavy atom. The Kier molecular flexibility index (Phi) is 6.29. The summed E-state index contributed by atoms with van der Waals surface area (Å²) in [6.45, 7) is 5.25. The van der Waals surface area contributed by atoms with Crippen molar-refractivity contribution < 1.29 is 19.0 Å². The van der Waals surface area contributed by atoms with E-state index in [1.165, 1.54) is 7.11 Å². The highest BCUT2D eigenvalue weighted by Crippen LogP contribution is 2.38. The van der Waals surface area contributed by atoms with Crippen LogP contribution < -0.4 is 10.1 Å². The van der Waals surface area contributed by atoms with E-state index in [2.05, 4.69) is 5.32 Å². The van der Waals surface area contributed by atoms with Crippen LogP contribution in [0.1, 0.15) is 36.2 Å². The zero-order valence-corrected chi connectivity index (χ0v) is 15.0. The van der Waals surface area contributed by atoms with Gasteiger partial charge in [-0.1, -0.05) is 25.4 Å². The van der Waals surface area contributed by atoms with Crippen LogP contribution in [0.4, 0.5) is 4.39 Å². The Hall–Kier alpha value is -1.53. The van der Waals surface area contributed by atoms with Crippen molar-refractivity contribution in [2.45, 2.75) is 38.9 Å². The molecule has 1 aliphatic heterocycles. The number of nitrogens with one attached hydrogen (secondary N) is 1. The zero-order valence-electron chi connectivity index (χ0n) is 14.2. The van der Waals surface area contributed by atoms with Crippen molar-refractivity contribution >= 4 is 17.5 Å². The molecule has 0 saturated carbocycles. The monoisotopic (exact) mass is 358 g/mol. The molecule has 2 unspecified atom stereocenters. The fourth-order valence-electron chi connectivity index (χ4n) is 3.18. The molecular formula is C17H24ClFN2O3. The summed E-state index contributed by atoms with van der Waals surface area (Å²) in [6, 6.07) is 1.54. The number of rotatable bonds is 6. The topological polar surface area (TPSA) is 61.8 Å². The number of likely N-dealkylation sites (N-methyl/N-ethyl adjacent to an activating group) is 1. The van der Waals surface area contributed by atoms with Gasteiger partial charge in [-0.2, -0.15) is 0 Å². The number of benzene rings is 1. The van der Waals surface area contributed by atoms with E-state index in [0.29, 0.717) is 31.5 Å². The first-order chi connectivity index (χ1) is 11.4. The van der Waals surface area contributed by atoms with E-state index >= 15 is 0 Å². The average Bonchev–Trinajstić information content (AvgIpc) is 2.93. The molecule has 0 radical (unpaired) electrons. The van der Waals surface area contributed by atoms with Crippen molar-refractivity contribution in [3.63, 3.8) is 0 Å². The molecule has 1 saturated heterocycles. The van der Waals surface area contributed by atoms with Gasteiger partial charge in [-0.15, -0.1) is 0 Å². The van der Waals surface area contributed by atoms with Crippen LogP contribution in [0.3, 0.4) is 0 Å². The fraction of sp³-hybridized carbons (Fsp3) is 0.588. The lowest BCUT2D eigenvalue weighted by Crippen LogP contribution is -2.40. The van der Waals surface area contributed by atoms with Gasteiger partial charge in [0.1, 0.15) is 17.5 Å². The SMILES string of the molecule is CCc1cc(Cl)c(OC)c(C(=O)NCC2CC(F)CN2CC)c1O. The molecule has 1 aromatic rings. The molecular weight excluding hydrogens is 335 g/mol. The van der Waals surface area contributed by atoms with Crippen molar-refractivity contribution in [2.24, 2.45) is 0 Å². The number of nitrogens with zero attached hydrogens (tertiary/aromatic N) is 1. The van der Waals surface area contributed by atoms with Crippen molar-refractivity contribution in [3.8, 4) is 11.5 Å². The summed E-state index contributed by atoms with van der Waals surface area (Å²) in [5.41, 5.74) is 0.602. The van der Waals surface area contributed by atoms with Crippen molar-refractivity contribution in [3.05, 3.63) is 22.2 Å². The highest BCUT2D eigenvalue weighted by Gasteiger charge is 2.32. The number of phenols is 1. The fourth-order valence-corrected chi connectivity index (χ4v) is 3.48. The second kappa shape index (κ2) is 8.03. The number of amides is 1. The molecule has 2 N–H and O–H groups in total. The third-order valence-corrected chi connectivity index (χ3v) is 4.76. The Balaban J connectivity index is 2.19. The Labute approximate surface area is 146 Å². The third kappa shape index (κ3) is 3.75. The van der Waals surface area contributed by atoms with Crippen molar-refractivity contribution in [1.29, 1.82) is 0 Å². The quantitative estimate of drug-likeness (QED) is 0.821. The van der Waals surface area contributed by atoms with E-state index < -0.39 is 12.1 Å². The Bertz CT molecular complexity index is 612. The van der Waals surface area contributed by atoms with E-state index in [-0.39, 0.29) is 28.1 Å². The molecule has 134 valence electrons. The standard InChI is InChI=1S/C17H24ClFN2O3/c1-4-10-6-13(18)16(24-3)14(15(10)22)17(23)20-8-12-7-11(19)9-21(12)5-2/h6,11-12,22H,4-5,7-9H2,1-3H3,(H,20,23). The van der Waals surface area contributed by atoms with Crippen LogP contribution in [0.5, 0.6) is 11.5 Å². The number of ether oxygens (including phenoxy) is 1. The van der Waals surface area contributed by atoms with Crippen LogP contribution in [0.2, 0.25) is 5.02 Å². The molecule has 7 heteroatoms. The lowest BCUT2D eigenvalue weighted by molar-refractivity contribution is 0.0935. The largest absolute Gasteiger partial charge is 0.507 e. The smallest absolute Gasteiger partial charge is 0.258 e. The molecule has 2 atom stereocenters. The van der Waals surface area contributed by atoms with Gasteiger partial charge in [-0.25, -0.2) is 4.39 Å². The van der Waals surface area contributed by atoms with Crippen LogP contribution >= 0.6 is 11.6 Å². The van der Waals surface area contributed by atoms with E-state index in [9.17, 15) is 14.3 Å². The highest BCUT2D eigenvalue weighted by atomic mass is 35.5. The summed E-state index contributed by atoms with van der Waals surface area (Å²) in [5, 5.41) is 13.4. The number of hydrogen-bond acceptors (Lipinski definition) is 4. The summed E-state index contributed by atoms with van der Waals surface area (Å²) < 4.78 is 18.7. The molecule has 0 spiro atoms. The van der Waals surface area contributed by atoms with Gasteiger partial charge < -0.3 is 15.2 Å². The van der Waals surface area contributed by atoms with Gasteiger partial charge in [0.25, 0.3) is 5.91 Å². The summed E-state index contributed by atoms with van der Waals surface area (Å²) in [4.78, 5) is 14.6. The normalized spacial score (nSPS) is 21.0. The molecule has 1 aromatic carbocycles. The van der Waals surface area contributed by atoms with E-state index in [1.807, 2.05) is 18.7 Å². The first kappa shape index (κ1) is 18.8. The lowest BCUT2D eigenvalue weighted by atomic mass is 10.0. The number of aromatic hydroxyl groups is 1. The second-order valence-corrected chi connectivity index (χ2v) is 6.32. The molecule has 0 aliphatic carbocycles. The maximum absolute atomic E-state index is 13.6. The first-order valence-electron chi connectivity index (χ1n) is 8.17. The minimum absolute atomic E-state index is 0.0275. The average molecular weight is 359 g/mol. The molecule has 0 aromatic heterocycles. The number of halogens is 2. The number of alkyl halides is 1. The summed E-state index contributed by atoms with van der Waals surface area (Å²) >= 11 is 6.15. The molecule has 0 bridgehead atoms. The molecule has 24 heavy (non-hydrogen) atoms.